The fourth-order valence-electron chi connectivity index (χ4n) is 3.27. The van der Waals surface area contributed by atoms with E-state index in [0.29, 0.717) is 12.1 Å². The highest BCUT2D eigenvalue weighted by molar-refractivity contribution is 6.05. The molecule has 5 heteroatoms. The Hall–Kier alpha value is -2.66. The summed E-state index contributed by atoms with van der Waals surface area (Å²) >= 11 is 0. The molecule has 2 aromatic carbocycles. The van der Waals surface area contributed by atoms with Gasteiger partial charge in [-0.15, -0.1) is 0 Å². The van der Waals surface area contributed by atoms with Gasteiger partial charge in [-0.1, -0.05) is 30.3 Å². The lowest BCUT2D eigenvalue weighted by Crippen LogP contribution is -2.31. The van der Waals surface area contributed by atoms with Crippen LogP contribution in [-0.2, 0) is 11.3 Å². The summed E-state index contributed by atoms with van der Waals surface area (Å²) in [6, 6.07) is 13.1. The largest absolute Gasteiger partial charge is 0.478 e. The first kappa shape index (κ1) is 14.9. The Labute approximate surface area is 139 Å². The number of benzene rings is 2. The van der Waals surface area contributed by atoms with Crippen LogP contribution in [0.3, 0.4) is 0 Å². The van der Waals surface area contributed by atoms with Gasteiger partial charge in [0.25, 0.3) is 0 Å². The van der Waals surface area contributed by atoms with Crippen LogP contribution in [0.2, 0.25) is 0 Å². The van der Waals surface area contributed by atoms with Gasteiger partial charge in [-0.2, -0.15) is 0 Å². The number of hydrogen-bond donors (Lipinski definition) is 1. The summed E-state index contributed by atoms with van der Waals surface area (Å²) in [5.74, 6) is -0.0544. The molecule has 0 aliphatic carbocycles. The van der Waals surface area contributed by atoms with E-state index in [4.69, 9.17) is 4.74 Å². The second kappa shape index (κ2) is 5.76. The number of carboxylic acids is 1. The van der Waals surface area contributed by atoms with Gasteiger partial charge >= 0.3 is 5.97 Å². The molecule has 0 saturated carbocycles. The molecule has 24 heavy (non-hydrogen) atoms. The molecule has 5 nitrogen and oxygen atoms in total. The Balaban J connectivity index is 2.01. The molecule has 1 saturated heterocycles. The molecule has 122 valence electrons. The third-order valence-electron chi connectivity index (χ3n) is 4.57. The number of aromatic carboxylic acids is 1. The van der Waals surface area contributed by atoms with Crippen molar-refractivity contribution in [1.29, 1.82) is 0 Å². The van der Waals surface area contributed by atoms with Crippen LogP contribution >= 0.6 is 0 Å². The zero-order valence-corrected chi connectivity index (χ0v) is 13.4. The van der Waals surface area contributed by atoms with Crippen molar-refractivity contribution in [3.8, 4) is 11.1 Å². The fraction of sp³-hybridized carbons (Fsp3) is 0.263. The smallest absolute Gasteiger partial charge is 0.336 e. The summed E-state index contributed by atoms with van der Waals surface area (Å²) in [4.78, 5) is 16.4. The number of hydrogen-bond acceptors (Lipinski definition) is 3. The lowest BCUT2D eigenvalue weighted by atomic mass is 9.97. The monoisotopic (exact) mass is 322 g/mol. The first-order valence-corrected chi connectivity index (χ1v) is 8.05. The van der Waals surface area contributed by atoms with Gasteiger partial charge in [-0.25, -0.2) is 9.78 Å². The van der Waals surface area contributed by atoms with Gasteiger partial charge in [0.15, 0.2) is 0 Å². The molecule has 1 aliphatic heterocycles. The molecule has 1 aliphatic rings. The van der Waals surface area contributed by atoms with Crippen LogP contribution in [0, 0.1) is 6.92 Å². The van der Waals surface area contributed by atoms with Crippen molar-refractivity contribution in [2.45, 2.75) is 26.0 Å². The van der Waals surface area contributed by atoms with Gasteiger partial charge in [0.1, 0.15) is 5.82 Å². The van der Waals surface area contributed by atoms with Gasteiger partial charge in [-0.3, -0.25) is 0 Å². The molecule has 1 fully saturated rings. The first-order chi connectivity index (χ1) is 11.6. The molecule has 1 atom stereocenters. The summed E-state index contributed by atoms with van der Waals surface area (Å²) in [5, 5.41) is 9.67. The van der Waals surface area contributed by atoms with E-state index in [1.54, 1.807) is 12.1 Å². The Morgan fingerprint density at radius 3 is 2.67 bits per heavy atom. The summed E-state index contributed by atoms with van der Waals surface area (Å²) in [5.41, 5.74) is 3.59. The summed E-state index contributed by atoms with van der Waals surface area (Å²) in [6.07, 6.45) is 1.21. The number of fused-ring (bicyclic) bond motifs is 1. The lowest BCUT2D eigenvalue weighted by molar-refractivity contribution is -0.0589. The summed E-state index contributed by atoms with van der Waals surface area (Å²) < 4.78 is 7.66. The van der Waals surface area contributed by atoms with Crippen molar-refractivity contribution >= 4 is 17.0 Å². The Morgan fingerprint density at radius 2 is 2.04 bits per heavy atom. The second-order valence-corrected chi connectivity index (χ2v) is 6.08. The molecule has 1 aromatic heterocycles. The van der Waals surface area contributed by atoms with Crippen molar-refractivity contribution in [2.75, 3.05) is 6.61 Å². The Kier molecular flexibility index (Phi) is 3.58. The highest BCUT2D eigenvalue weighted by Crippen LogP contribution is 2.33. The van der Waals surface area contributed by atoms with E-state index in [2.05, 4.69) is 9.55 Å². The third kappa shape index (κ3) is 2.37. The first-order valence-electron chi connectivity index (χ1n) is 8.05. The zero-order chi connectivity index (χ0) is 16.7. The van der Waals surface area contributed by atoms with E-state index >= 15 is 0 Å². The molecular weight excluding hydrogens is 304 g/mol. The molecule has 0 amide bonds. The van der Waals surface area contributed by atoms with Crippen molar-refractivity contribution in [1.82, 2.24) is 9.55 Å². The molecule has 2 heterocycles. The van der Waals surface area contributed by atoms with Crippen LogP contribution in [0.1, 0.15) is 22.6 Å². The number of aromatic nitrogens is 2. The number of ether oxygens (including phenoxy) is 1. The van der Waals surface area contributed by atoms with E-state index in [1.807, 2.05) is 37.3 Å². The van der Waals surface area contributed by atoms with Gasteiger partial charge in [0.05, 0.1) is 29.2 Å². The van der Waals surface area contributed by atoms with Gasteiger partial charge in [0, 0.05) is 12.2 Å². The van der Waals surface area contributed by atoms with Crippen LogP contribution in [0.25, 0.3) is 22.2 Å². The molecule has 1 N–H and O–H groups in total. The highest BCUT2D eigenvalue weighted by Gasteiger charge is 2.24. The average Bonchev–Trinajstić information content (AvgIpc) is 2.86. The maximum Gasteiger partial charge on any atom is 0.336 e. The summed E-state index contributed by atoms with van der Waals surface area (Å²) in [6.45, 7) is 3.45. The maximum absolute atomic E-state index is 11.8. The van der Waals surface area contributed by atoms with Crippen LogP contribution in [-0.4, -0.2) is 33.3 Å². The number of rotatable bonds is 4. The molecule has 0 unspecified atom stereocenters. The predicted octanol–water partition coefficient (Wildman–Crippen LogP) is 3.50. The van der Waals surface area contributed by atoms with Crippen LogP contribution in [0.4, 0.5) is 0 Å². The number of nitrogens with zero attached hydrogens (tertiary/aromatic N) is 2. The topological polar surface area (TPSA) is 64.3 Å². The van der Waals surface area contributed by atoms with E-state index < -0.39 is 5.97 Å². The number of imidazole rings is 1. The van der Waals surface area contributed by atoms with E-state index in [-0.39, 0.29) is 6.10 Å². The Morgan fingerprint density at radius 1 is 1.29 bits per heavy atom. The van der Waals surface area contributed by atoms with Crippen molar-refractivity contribution in [3.05, 3.63) is 53.9 Å². The number of carbonyl (C=O) groups is 1. The average molecular weight is 322 g/mol. The van der Waals surface area contributed by atoms with Crippen LogP contribution in [0.5, 0.6) is 0 Å². The number of aryl methyl sites for hydroxylation is 1. The Bertz CT molecular complexity index is 911. The predicted molar refractivity (Wildman–Crippen MR) is 91.2 cm³/mol. The van der Waals surface area contributed by atoms with E-state index in [9.17, 15) is 9.90 Å². The SMILES string of the molecule is Cc1nc2ccc(C(=O)O)c(-c3ccccc3)c2n1C[C@@H]1CCO1. The standard InChI is InChI=1S/C19H18N2O3/c1-12-20-16-8-7-15(19(22)23)17(13-5-3-2-4-6-13)18(16)21(12)11-14-9-10-24-14/h2-8,14H,9-11H2,1H3,(H,22,23)/t14-/m0/s1. The van der Waals surface area contributed by atoms with E-state index in [0.717, 1.165) is 41.0 Å². The van der Waals surface area contributed by atoms with Crippen molar-refractivity contribution in [2.24, 2.45) is 0 Å². The van der Waals surface area contributed by atoms with Crippen molar-refractivity contribution < 1.29 is 14.6 Å². The molecule has 0 spiro atoms. The highest BCUT2D eigenvalue weighted by atomic mass is 16.5. The molecule has 3 aromatic rings. The minimum atomic E-state index is -0.930. The van der Waals surface area contributed by atoms with Gasteiger partial charge < -0.3 is 14.4 Å². The fourth-order valence-corrected chi connectivity index (χ4v) is 3.27. The zero-order valence-electron chi connectivity index (χ0n) is 13.4. The molecule has 0 bridgehead atoms. The van der Waals surface area contributed by atoms with Gasteiger partial charge in [-0.05, 0) is 31.0 Å². The van der Waals surface area contributed by atoms with E-state index in [1.165, 1.54) is 0 Å². The lowest BCUT2D eigenvalue weighted by Gasteiger charge is -2.27. The molecular formula is C19H18N2O3. The second-order valence-electron chi connectivity index (χ2n) is 6.08. The minimum absolute atomic E-state index is 0.179. The normalized spacial score (nSPS) is 17.0. The minimum Gasteiger partial charge on any atom is -0.478 e. The maximum atomic E-state index is 11.8. The quantitative estimate of drug-likeness (QED) is 0.798. The number of carboxylic acid groups (broad SMARTS) is 1. The molecule has 0 radical (unpaired) electrons. The van der Waals surface area contributed by atoms with Gasteiger partial charge in [0.2, 0.25) is 0 Å². The molecule has 4 rings (SSSR count). The van der Waals surface area contributed by atoms with Crippen LogP contribution in [0.15, 0.2) is 42.5 Å². The third-order valence-corrected chi connectivity index (χ3v) is 4.57. The van der Waals surface area contributed by atoms with Crippen LogP contribution < -0.4 is 0 Å². The summed E-state index contributed by atoms with van der Waals surface area (Å²) in [7, 11) is 0. The van der Waals surface area contributed by atoms with Crippen molar-refractivity contribution in [3.63, 3.8) is 0 Å².